The molecule has 1 rings (SSSR count). The molecule has 1 atom stereocenters. The highest BCUT2D eigenvalue weighted by Crippen LogP contribution is 1.96. The Balaban J connectivity index is 2.09. The van der Waals surface area contributed by atoms with Crippen molar-refractivity contribution in [2.45, 2.75) is 19.4 Å². The molecule has 1 fully saturated rings. The first-order valence-corrected chi connectivity index (χ1v) is 4.90. The van der Waals surface area contributed by atoms with E-state index in [2.05, 4.69) is 26.2 Å². The predicted molar refractivity (Wildman–Crippen MR) is 53.2 cm³/mol. The molecule has 1 aliphatic rings. The first-order valence-electron chi connectivity index (χ1n) is 4.90. The fourth-order valence-electron chi connectivity index (χ4n) is 1.18. The first-order chi connectivity index (χ1) is 7.63. The molecule has 1 aliphatic heterocycles. The van der Waals surface area contributed by atoms with E-state index in [1.165, 1.54) is 0 Å². The Labute approximate surface area is 92.1 Å². The molecule has 0 radical (unpaired) electrons. The highest BCUT2D eigenvalue weighted by atomic mass is 16.5. The van der Waals surface area contributed by atoms with Gasteiger partial charge in [-0.3, -0.25) is 15.5 Å². The highest BCUT2D eigenvalue weighted by Gasteiger charge is 2.28. The van der Waals surface area contributed by atoms with E-state index in [0.29, 0.717) is 13.0 Å². The van der Waals surface area contributed by atoms with E-state index >= 15 is 0 Å². The molecule has 1 unspecified atom stereocenters. The minimum atomic E-state index is -0.581. The Bertz CT molecular complexity index is 294. The van der Waals surface area contributed by atoms with Crippen LogP contribution in [0, 0.1) is 0 Å². The summed E-state index contributed by atoms with van der Waals surface area (Å²) < 4.78 is 4.59. The van der Waals surface area contributed by atoms with Crippen LogP contribution in [0.4, 0.5) is 9.59 Å². The van der Waals surface area contributed by atoms with Crippen LogP contribution in [0.5, 0.6) is 0 Å². The van der Waals surface area contributed by atoms with Gasteiger partial charge < -0.3 is 10.1 Å². The van der Waals surface area contributed by atoms with E-state index in [0.717, 1.165) is 0 Å². The van der Waals surface area contributed by atoms with Crippen molar-refractivity contribution in [2.24, 2.45) is 0 Å². The Morgan fingerprint density at radius 2 is 2.25 bits per heavy atom. The van der Waals surface area contributed by atoms with Crippen LogP contribution in [-0.4, -0.2) is 37.2 Å². The summed E-state index contributed by atoms with van der Waals surface area (Å²) in [6, 6.07) is -1.04. The van der Waals surface area contributed by atoms with Crippen LogP contribution in [0.3, 0.4) is 0 Å². The average molecular weight is 230 g/mol. The molecule has 4 N–H and O–H groups in total. The molecular formula is C8H14N4O4. The molecule has 1 heterocycles. The lowest BCUT2D eigenvalue weighted by Crippen LogP contribution is -2.41. The number of hydrogen-bond acceptors (Lipinski definition) is 5. The molecule has 0 bridgehead atoms. The van der Waals surface area contributed by atoms with E-state index in [4.69, 9.17) is 0 Å². The summed E-state index contributed by atoms with van der Waals surface area (Å²) in [7, 11) is 0. The number of rotatable bonds is 5. The molecule has 8 heteroatoms. The lowest BCUT2D eigenvalue weighted by atomic mass is 10.2. The van der Waals surface area contributed by atoms with Gasteiger partial charge in [-0.1, -0.05) is 0 Å². The standard InChI is InChI=1S/C8H14N4O4/c1-2-16-8(15)12-9-4-3-5-6(13)11-7(14)10-5/h5,9H,2-4H2,1H3,(H,12,15)(H2,10,11,13,14). The number of nitrogens with one attached hydrogen (secondary N) is 4. The summed E-state index contributed by atoms with van der Waals surface area (Å²) in [5.74, 6) is -0.358. The third-order valence-electron chi connectivity index (χ3n) is 1.88. The number of carbonyl (C=O) groups excluding carboxylic acids is 3. The van der Waals surface area contributed by atoms with Crippen molar-refractivity contribution >= 4 is 18.0 Å². The van der Waals surface area contributed by atoms with Crippen LogP contribution in [0.1, 0.15) is 13.3 Å². The molecule has 0 spiro atoms. The number of hydrazine groups is 1. The predicted octanol–water partition coefficient (Wildman–Crippen LogP) is -1.16. The zero-order chi connectivity index (χ0) is 12.0. The molecule has 0 aromatic rings. The second-order valence-electron chi connectivity index (χ2n) is 3.08. The van der Waals surface area contributed by atoms with E-state index in [1.807, 2.05) is 0 Å². The van der Waals surface area contributed by atoms with Crippen molar-refractivity contribution in [1.29, 1.82) is 0 Å². The number of ether oxygens (including phenoxy) is 1. The van der Waals surface area contributed by atoms with Gasteiger partial charge in [0.2, 0.25) is 0 Å². The van der Waals surface area contributed by atoms with Gasteiger partial charge in [-0.05, 0) is 13.3 Å². The van der Waals surface area contributed by atoms with E-state index < -0.39 is 18.2 Å². The van der Waals surface area contributed by atoms with Crippen molar-refractivity contribution < 1.29 is 19.1 Å². The molecule has 8 nitrogen and oxygen atoms in total. The molecule has 90 valence electrons. The second-order valence-corrected chi connectivity index (χ2v) is 3.08. The van der Waals surface area contributed by atoms with Crippen molar-refractivity contribution in [3.8, 4) is 0 Å². The average Bonchev–Trinajstić information content (AvgIpc) is 2.53. The zero-order valence-electron chi connectivity index (χ0n) is 8.83. The quantitative estimate of drug-likeness (QED) is 0.270. The second kappa shape index (κ2) is 5.91. The number of imide groups is 1. The van der Waals surface area contributed by atoms with Gasteiger partial charge in [0, 0.05) is 6.54 Å². The molecular weight excluding hydrogens is 216 g/mol. The van der Waals surface area contributed by atoms with Crippen molar-refractivity contribution in [3.63, 3.8) is 0 Å². The fraction of sp³-hybridized carbons (Fsp3) is 0.625. The van der Waals surface area contributed by atoms with E-state index in [9.17, 15) is 14.4 Å². The molecule has 4 amide bonds. The van der Waals surface area contributed by atoms with Crippen LogP contribution < -0.4 is 21.5 Å². The van der Waals surface area contributed by atoms with Gasteiger partial charge in [0.1, 0.15) is 6.04 Å². The third kappa shape index (κ3) is 3.73. The molecule has 16 heavy (non-hydrogen) atoms. The van der Waals surface area contributed by atoms with Gasteiger partial charge in [-0.15, -0.1) is 0 Å². The lowest BCUT2D eigenvalue weighted by molar-refractivity contribution is -0.120. The Morgan fingerprint density at radius 1 is 1.50 bits per heavy atom. The van der Waals surface area contributed by atoms with Gasteiger partial charge in [-0.2, -0.15) is 0 Å². The first kappa shape index (κ1) is 12.2. The van der Waals surface area contributed by atoms with Gasteiger partial charge in [0.05, 0.1) is 6.61 Å². The van der Waals surface area contributed by atoms with E-state index in [1.54, 1.807) is 6.92 Å². The maximum absolute atomic E-state index is 11.1. The van der Waals surface area contributed by atoms with Crippen LogP contribution in [-0.2, 0) is 9.53 Å². The number of amides is 4. The summed E-state index contributed by atoms with van der Waals surface area (Å²) in [5, 5.41) is 4.54. The summed E-state index contributed by atoms with van der Waals surface area (Å²) in [5.41, 5.74) is 4.85. The SMILES string of the molecule is CCOC(=O)NNCCC1NC(=O)NC1=O. The van der Waals surface area contributed by atoms with E-state index in [-0.39, 0.29) is 12.5 Å². The lowest BCUT2D eigenvalue weighted by Gasteiger charge is -2.09. The van der Waals surface area contributed by atoms with Crippen molar-refractivity contribution in [3.05, 3.63) is 0 Å². The van der Waals surface area contributed by atoms with Crippen LogP contribution in [0.15, 0.2) is 0 Å². The zero-order valence-corrected chi connectivity index (χ0v) is 8.83. The molecule has 0 aliphatic carbocycles. The normalized spacial score (nSPS) is 18.9. The van der Waals surface area contributed by atoms with Crippen molar-refractivity contribution in [2.75, 3.05) is 13.2 Å². The van der Waals surface area contributed by atoms with Gasteiger partial charge >= 0.3 is 12.1 Å². The topological polar surface area (TPSA) is 109 Å². The number of carbonyl (C=O) groups is 3. The Hall–Kier alpha value is -1.83. The molecule has 0 aromatic heterocycles. The smallest absolute Gasteiger partial charge is 0.421 e. The van der Waals surface area contributed by atoms with Crippen LogP contribution >= 0.6 is 0 Å². The summed E-state index contributed by atoms with van der Waals surface area (Å²) >= 11 is 0. The fourth-order valence-corrected chi connectivity index (χ4v) is 1.18. The summed E-state index contributed by atoms with van der Waals surface area (Å²) in [6.07, 6.45) is -0.202. The number of hydrogen-bond donors (Lipinski definition) is 4. The maximum atomic E-state index is 11.1. The third-order valence-corrected chi connectivity index (χ3v) is 1.88. The maximum Gasteiger partial charge on any atom is 0.421 e. The molecule has 0 aromatic carbocycles. The summed E-state index contributed by atoms with van der Waals surface area (Å²) in [4.78, 5) is 32.6. The van der Waals surface area contributed by atoms with Crippen LogP contribution in [0.2, 0.25) is 0 Å². The highest BCUT2D eigenvalue weighted by molar-refractivity contribution is 6.04. The molecule has 0 saturated carbocycles. The van der Waals surface area contributed by atoms with Gasteiger partial charge in [0.25, 0.3) is 5.91 Å². The van der Waals surface area contributed by atoms with Crippen molar-refractivity contribution in [1.82, 2.24) is 21.5 Å². The minimum Gasteiger partial charge on any atom is -0.449 e. The van der Waals surface area contributed by atoms with Gasteiger partial charge in [-0.25, -0.2) is 15.0 Å². The molecule has 1 saturated heterocycles. The minimum absolute atomic E-state index is 0.286. The Kier molecular flexibility index (Phi) is 4.52. The van der Waals surface area contributed by atoms with Gasteiger partial charge in [0.15, 0.2) is 0 Å². The Morgan fingerprint density at radius 3 is 2.81 bits per heavy atom. The van der Waals surface area contributed by atoms with Crippen LogP contribution in [0.25, 0.3) is 0 Å². The monoisotopic (exact) mass is 230 g/mol. The largest absolute Gasteiger partial charge is 0.449 e. The number of urea groups is 1. The summed E-state index contributed by atoms with van der Waals surface area (Å²) in [6.45, 7) is 2.32.